The lowest BCUT2D eigenvalue weighted by molar-refractivity contribution is -0.119. The normalized spacial score (nSPS) is 12.6. The largest absolute Gasteiger partial charge is 0.348 e. The van der Waals surface area contributed by atoms with Gasteiger partial charge in [-0.1, -0.05) is 58.7 Å². The van der Waals surface area contributed by atoms with E-state index in [4.69, 9.17) is 11.6 Å². The maximum atomic E-state index is 12.3. The van der Waals surface area contributed by atoms with Gasteiger partial charge in [0.05, 0.1) is 11.8 Å². The fraction of sp³-hybridized carbons (Fsp3) is 0.278. The van der Waals surface area contributed by atoms with Crippen molar-refractivity contribution in [2.75, 3.05) is 5.75 Å². The first-order valence-electron chi connectivity index (χ1n) is 7.79. The Balaban J connectivity index is 2.02. The van der Waals surface area contributed by atoms with E-state index in [0.29, 0.717) is 17.0 Å². The quantitative estimate of drug-likeness (QED) is 0.693. The van der Waals surface area contributed by atoms with Crippen LogP contribution in [0.2, 0.25) is 5.02 Å². The number of carbonyl (C=O) groups is 1. The number of benzene rings is 2. The fourth-order valence-corrected chi connectivity index (χ4v) is 4.43. The van der Waals surface area contributed by atoms with Gasteiger partial charge in [0.15, 0.2) is 9.84 Å². The highest BCUT2D eigenvalue weighted by Gasteiger charge is 2.20. The number of hydrogen-bond acceptors (Lipinski definition) is 3. The van der Waals surface area contributed by atoms with Crippen LogP contribution in [0.3, 0.4) is 0 Å². The minimum atomic E-state index is -3.55. The molecular weight excluding hydrogens is 426 g/mol. The van der Waals surface area contributed by atoms with Gasteiger partial charge in [-0.05, 0) is 41.8 Å². The number of rotatable bonds is 7. The van der Waals surface area contributed by atoms with E-state index in [1.807, 2.05) is 19.1 Å². The third kappa shape index (κ3) is 6.45. The molecule has 0 aliphatic heterocycles. The molecule has 0 fully saturated rings. The Hall–Kier alpha value is -1.37. The molecule has 0 aliphatic carbocycles. The second-order valence-corrected chi connectivity index (χ2v) is 9.16. The van der Waals surface area contributed by atoms with E-state index >= 15 is 0 Å². The highest BCUT2D eigenvalue weighted by molar-refractivity contribution is 9.10. The molecule has 0 bridgehead atoms. The second kappa shape index (κ2) is 8.83. The second-order valence-electron chi connectivity index (χ2n) is 5.75. The van der Waals surface area contributed by atoms with Crippen LogP contribution in [0.4, 0.5) is 0 Å². The summed E-state index contributed by atoms with van der Waals surface area (Å²) in [5.41, 5.74) is 1.50. The van der Waals surface area contributed by atoms with Crippen molar-refractivity contribution in [3.8, 4) is 0 Å². The topological polar surface area (TPSA) is 63.2 Å². The highest BCUT2D eigenvalue weighted by Crippen LogP contribution is 2.20. The molecule has 4 nitrogen and oxygen atoms in total. The lowest BCUT2D eigenvalue weighted by atomic mass is 10.0. The first kappa shape index (κ1) is 19.9. The van der Waals surface area contributed by atoms with E-state index in [9.17, 15) is 13.2 Å². The van der Waals surface area contributed by atoms with E-state index in [1.165, 1.54) is 0 Å². The van der Waals surface area contributed by atoms with Crippen LogP contribution in [0.15, 0.2) is 53.0 Å². The van der Waals surface area contributed by atoms with Gasteiger partial charge >= 0.3 is 0 Å². The maximum absolute atomic E-state index is 12.3. The Morgan fingerprint density at radius 2 is 1.92 bits per heavy atom. The predicted molar refractivity (Wildman–Crippen MR) is 104 cm³/mol. The molecule has 0 aliphatic rings. The van der Waals surface area contributed by atoms with Gasteiger partial charge in [0.2, 0.25) is 5.91 Å². The van der Waals surface area contributed by atoms with Crippen molar-refractivity contribution in [3.63, 3.8) is 0 Å². The molecule has 1 N–H and O–H groups in total. The van der Waals surface area contributed by atoms with E-state index in [1.54, 1.807) is 36.4 Å². The maximum Gasteiger partial charge on any atom is 0.235 e. The third-order valence-corrected chi connectivity index (χ3v) is 5.82. The number of carbonyl (C=O) groups excluding carboxylic acids is 1. The Labute approximate surface area is 161 Å². The van der Waals surface area contributed by atoms with Gasteiger partial charge in [-0.25, -0.2) is 8.42 Å². The van der Waals surface area contributed by atoms with E-state index in [0.717, 1.165) is 10.0 Å². The molecule has 0 saturated carbocycles. The summed E-state index contributed by atoms with van der Waals surface area (Å²) in [5, 5.41) is 3.35. The molecule has 134 valence electrons. The van der Waals surface area contributed by atoms with Gasteiger partial charge in [0, 0.05) is 9.50 Å². The molecule has 2 aromatic carbocycles. The zero-order valence-electron chi connectivity index (χ0n) is 13.7. The summed E-state index contributed by atoms with van der Waals surface area (Å²) in [7, 11) is -3.55. The summed E-state index contributed by atoms with van der Waals surface area (Å²) in [6.07, 6.45) is 0.637. The Morgan fingerprint density at radius 1 is 1.20 bits per heavy atom. The number of nitrogens with one attached hydrogen (secondary N) is 1. The molecule has 7 heteroatoms. The standard InChI is InChI=1S/C18H19BrClNO3S/c1-2-17(14-6-4-8-16(20)10-14)21-18(22)12-25(23,24)11-13-5-3-7-15(19)9-13/h3-10,17H,2,11-12H2,1H3,(H,21,22). The Bertz CT molecular complexity index is 855. The van der Waals surface area contributed by atoms with Crippen molar-refractivity contribution in [1.82, 2.24) is 5.32 Å². The minimum absolute atomic E-state index is 0.173. The number of hydrogen-bond donors (Lipinski definition) is 1. The van der Waals surface area contributed by atoms with Crippen LogP contribution in [0.25, 0.3) is 0 Å². The van der Waals surface area contributed by atoms with Gasteiger partial charge in [-0.3, -0.25) is 4.79 Å². The average molecular weight is 445 g/mol. The molecule has 0 radical (unpaired) electrons. The zero-order valence-corrected chi connectivity index (χ0v) is 16.9. The van der Waals surface area contributed by atoms with Crippen LogP contribution in [0.1, 0.15) is 30.5 Å². The molecule has 0 saturated heterocycles. The van der Waals surface area contributed by atoms with Gasteiger partial charge in [-0.15, -0.1) is 0 Å². The molecule has 1 amide bonds. The summed E-state index contributed by atoms with van der Waals surface area (Å²) in [6, 6.07) is 14.0. The molecule has 2 aromatic rings. The molecule has 0 heterocycles. The summed E-state index contributed by atoms with van der Waals surface area (Å²) in [6.45, 7) is 1.92. The van der Waals surface area contributed by atoms with Crippen molar-refractivity contribution in [1.29, 1.82) is 0 Å². The first-order valence-corrected chi connectivity index (χ1v) is 10.8. The monoisotopic (exact) mass is 443 g/mol. The number of amides is 1. The van der Waals surface area contributed by atoms with Crippen LogP contribution in [0, 0.1) is 0 Å². The molecule has 25 heavy (non-hydrogen) atoms. The molecule has 0 spiro atoms. The lowest BCUT2D eigenvalue weighted by Gasteiger charge is -2.18. The third-order valence-electron chi connectivity index (χ3n) is 3.62. The van der Waals surface area contributed by atoms with Gasteiger partial charge in [0.25, 0.3) is 0 Å². The summed E-state index contributed by atoms with van der Waals surface area (Å²) in [4.78, 5) is 12.2. The number of sulfone groups is 1. The van der Waals surface area contributed by atoms with Crippen molar-refractivity contribution in [2.24, 2.45) is 0 Å². The lowest BCUT2D eigenvalue weighted by Crippen LogP contribution is -2.33. The van der Waals surface area contributed by atoms with Crippen molar-refractivity contribution in [2.45, 2.75) is 25.1 Å². The van der Waals surface area contributed by atoms with Crippen molar-refractivity contribution in [3.05, 3.63) is 69.2 Å². The molecular formula is C18H19BrClNO3S. The van der Waals surface area contributed by atoms with E-state index < -0.39 is 21.5 Å². The smallest absolute Gasteiger partial charge is 0.235 e. The fourth-order valence-electron chi connectivity index (χ4n) is 2.51. The van der Waals surface area contributed by atoms with Gasteiger partial charge in [-0.2, -0.15) is 0 Å². The molecule has 0 aromatic heterocycles. The molecule has 2 rings (SSSR count). The summed E-state index contributed by atoms with van der Waals surface area (Å²) < 4.78 is 25.4. The Kier molecular flexibility index (Phi) is 7.04. The molecule has 1 atom stereocenters. The van der Waals surface area contributed by atoms with Gasteiger partial charge in [0.1, 0.15) is 5.75 Å². The highest BCUT2D eigenvalue weighted by atomic mass is 79.9. The zero-order chi connectivity index (χ0) is 18.4. The van der Waals surface area contributed by atoms with E-state index in [-0.39, 0.29) is 11.8 Å². The summed E-state index contributed by atoms with van der Waals surface area (Å²) >= 11 is 9.29. The van der Waals surface area contributed by atoms with Crippen LogP contribution >= 0.6 is 27.5 Å². The average Bonchev–Trinajstić information content (AvgIpc) is 2.51. The van der Waals surface area contributed by atoms with Crippen LogP contribution in [0.5, 0.6) is 0 Å². The summed E-state index contributed by atoms with van der Waals surface area (Å²) in [5.74, 6) is -1.23. The predicted octanol–water partition coefficient (Wildman–Crippen LogP) is 4.28. The van der Waals surface area contributed by atoms with Crippen LogP contribution in [-0.2, 0) is 20.4 Å². The SMILES string of the molecule is CCC(NC(=O)CS(=O)(=O)Cc1cccc(Br)c1)c1cccc(Cl)c1. The Morgan fingerprint density at radius 3 is 2.56 bits per heavy atom. The number of halogens is 2. The molecule has 1 unspecified atom stereocenters. The van der Waals surface area contributed by atoms with E-state index in [2.05, 4.69) is 21.2 Å². The first-order chi connectivity index (χ1) is 11.8. The van der Waals surface area contributed by atoms with Crippen molar-refractivity contribution >= 4 is 43.3 Å². The van der Waals surface area contributed by atoms with Crippen LogP contribution in [-0.4, -0.2) is 20.1 Å². The minimum Gasteiger partial charge on any atom is -0.348 e. The van der Waals surface area contributed by atoms with Crippen molar-refractivity contribution < 1.29 is 13.2 Å². The van der Waals surface area contributed by atoms with Crippen LogP contribution < -0.4 is 5.32 Å². The van der Waals surface area contributed by atoms with Gasteiger partial charge < -0.3 is 5.32 Å².